The first-order chi connectivity index (χ1) is 13.2. The molecule has 12 heteroatoms. The number of pyridine rings is 1. The van der Waals surface area contributed by atoms with E-state index < -0.39 is 31.3 Å². The highest BCUT2D eigenvalue weighted by atomic mass is 32.2. The molecular formula is C16H11FN6O4S. The largest absolute Gasteiger partial charge is 0.281 e. The molecular weight excluding hydrogens is 391 g/mol. The summed E-state index contributed by atoms with van der Waals surface area (Å²) in [4.78, 5) is 9.14. The number of rotatable bonds is 5. The number of benzene rings is 1. The van der Waals surface area contributed by atoms with Gasteiger partial charge >= 0.3 is 0 Å². The van der Waals surface area contributed by atoms with Crippen LogP contribution in [0.15, 0.2) is 52.7 Å². The van der Waals surface area contributed by atoms with E-state index in [2.05, 4.69) is 10.2 Å². The molecule has 0 fully saturated rings. The third kappa shape index (κ3) is 3.38. The zero-order valence-electron chi connectivity index (χ0n) is 14.2. The fourth-order valence-electron chi connectivity index (χ4n) is 2.32. The molecule has 0 aliphatic heterocycles. The molecule has 3 aromatic rings. The highest BCUT2D eigenvalue weighted by Gasteiger charge is 2.26. The van der Waals surface area contributed by atoms with Gasteiger partial charge in [0.15, 0.2) is 0 Å². The Bertz CT molecular complexity index is 1260. The number of nitrogens with zero attached hydrogens (tertiary/aromatic N) is 6. The van der Waals surface area contributed by atoms with Crippen molar-refractivity contribution in [2.75, 3.05) is 7.05 Å². The summed E-state index contributed by atoms with van der Waals surface area (Å²) in [6.45, 7) is 0. The number of nitro groups is 1. The van der Waals surface area contributed by atoms with Crippen LogP contribution in [0, 0.1) is 27.3 Å². The number of nitro benzene ring substituents is 1. The van der Waals surface area contributed by atoms with Gasteiger partial charge < -0.3 is 0 Å². The highest BCUT2D eigenvalue weighted by Crippen LogP contribution is 2.24. The van der Waals surface area contributed by atoms with Crippen LogP contribution in [0.4, 0.5) is 10.1 Å². The summed E-state index contributed by atoms with van der Waals surface area (Å²) in [6, 6.07) is 7.28. The molecule has 0 aliphatic carbocycles. The number of non-ortho nitro benzene ring substituents is 1. The summed E-state index contributed by atoms with van der Waals surface area (Å²) in [6.07, 6.45) is 4.15. The van der Waals surface area contributed by atoms with Crippen LogP contribution in [0.3, 0.4) is 0 Å². The Morgan fingerprint density at radius 2 is 2.14 bits per heavy atom. The number of hydrogen-bond acceptors (Lipinski definition) is 7. The van der Waals surface area contributed by atoms with Crippen LogP contribution in [0.1, 0.15) is 11.1 Å². The summed E-state index contributed by atoms with van der Waals surface area (Å²) in [5.74, 6) is -1.14. The van der Waals surface area contributed by atoms with Gasteiger partial charge in [0.1, 0.15) is 10.7 Å². The van der Waals surface area contributed by atoms with Crippen molar-refractivity contribution in [3.8, 4) is 6.07 Å². The zero-order valence-corrected chi connectivity index (χ0v) is 15.0. The van der Waals surface area contributed by atoms with Crippen LogP contribution >= 0.6 is 0 Å². The monoisotopic (exact) mass is 402 g/mol. The van der Waals surface area contributed by atoms with Gasteiger partial charge in [0, 0.05) is 30.9 Å². The Hall–Kier alpha value is -3.85. The number of fused-ring (bicyclic) bond motifs is 1. The van der Waals surface area contributed by atoms with Crippen molar-refractivity contribution in [3.05, 3.63) is 69.8 Å². The normalized spacial score (nSPS) is 11.6. The highest BCUT2D eigenvalue weighted by molar-refractivity contribution is 7.89. The first-order valence-electron chi connectivity index (χ1n) is 7.58. The van der Waals surface area contributed by atoms with Crippen LogP contribution in [-0.2, 0) is 10.0 Å². The minimum Gasteiger partial charge on any atom is -0.258 e. The average molecular weight is 402 g/mol. The van der Waals surface area contributed by atoms with Crippen LogP contribution < -0.4 is 0 Å². The fraction of sp³-hybridized carbons (Fsp3) is 0.0625. The van der Waals surface area contributed by atoms with Crippen LogP contribution in [0.5, 0.6) is 0 Å². The lowest BCUT2D eigenvalue weighted by atomic mass is 10.2. The first kappa shape index (κ1) is 18.9. The van der Waals surface area contributed by atoms with Gasteiger partial charge in [0.25, 0.3) is 15.7 Å². The standard InChI is InChI=1S/C16H11FN6O4S/c1-21(28(26,27)16-7-13(23(24)25)2-3-14(16)17)19-9-12-10-20-22-5-4-11(8-18)6-15(12)22/h2-7,9-10H,1H3. The Morgan fingerprint density at radius 1 is 1.39 bits per heavy atom. The lowest BCUT2D eigenvalue weighted by Crippen LogP contribution is -2.23. The van der Waals surface area contributed by atoms with E-state index in [0.29, 0.717) is 33.2 Å². The summed E-state index contributed by atoms with van der Waals surface area (Å²) >= 11 is 0. The Labute approximate surface area is 157 Å². The number of aromatic nitrogens is 2. The number of sulfonamides is 1. The summed E-state index contributed by atoms with van der Waals surface area (Å²) < 4.78 is 41.0. The maximum absolute atomic E-state index is 14.0. The van der Waals surface area contributed by atoms with Crippen molar-refractivity contribution in [2.24, 2.45) is 5.10 Å². The Kier molecular flexibility index (Phi) is 4.76. The van der Waals surface area contributed by atoms with Crippen molar-refractivity contribution in [1.29, 1.82) is 5.26 Å². The summed E-state index contributed by atoms with van der Waals surface area (Å²) in [5.41, 5.74) is 0.736. The molecule has 0 spiro atoms. The number of nitriles is 1. The lowest BCUT2D eigenvalue weighted by molar-refractivity contribution is -0.385. The van der Waals surface area contributed by atoms with Gasteiger partial charge in [-0.2, -0.15) is 28.3 Å². The van der Waals surface area contributed by atoms with E-state index in [1.54, 1.807) is 18.3 Å². The second-order valence-corrected chi connectivity index (χ2v) is 7.43. The number of hydrazone groups is 1. The minimum absolute atomic E-state index is 0.377. The van der Waals surface area contributed by atoms with E-state index in [4.69, 9.17) is 5.26 Å². The molecule has 142 valence electrons. The van der Waals surface area contributed by atoms with E-state index in [1.165, 1.54) is 16.9 Å². The smallest absolute Gasteiger partial charge is 0.258 e. The van der Waals surface area contributed by atoms with E-state index in [1.807, 2.05) is 6.07 Å². The zero-order chi connectivity index (χ0) is 20.5. The molecule has 0 saturated carbocycles. The SMILES string of the molecule is CN(N=Cc1cnn2ccc(C#N)cc12)S(=O)(=O)c1cc([N+](=O)[O-])ccc1F. The van der Waals surface area contributed by atoms with Crippen molar-refractivity contribution in [2.45, 2.75) is 4.90 Å². The van der Waals surface area contributed by atoms with Crippen LogP contribution in [-0.4, -0.2) is 40.6 Å². The molecule has 28 heavy (non-hydrogen) atoms. The molecule has 2 aromatic heterocycles. The van der Waals surface area contributed by atoms with Gasteiger partial charge in [-0.25, -0.2) is 8.91 Å². The fourth-order valence-corrected chi connectivity index (χ4v) is 3.36. The molecule has 0 atom stereocenters. The summed E-state index contributed by atoms with van der Waals surface area (Å²) in [7, 11) is -3.40. The van der Waals surface area contributed by atoms with Crippen molar-refractivity contribution < 1.29 is 17.7 Å². The lowest BCUT2D eigenvalue weighted by Gasteiger charge is -2.13. The molecule has 3 rings (SSSR count). The third-order valence-electron chi connectivity index (χ3n) is 3.79. The predicted molar refractivity (Wildman–Crippen MR) is 95.5 cm³/mol. The molecule has 2 heterocycles. The molecule has 0 bridgehead atoms. The van der Waals surface area contributed by atoms with Gasteiger partial charge in [-0.05, 0) is 18.2 Å². The van der Waals surface area contributed by atoms with Crippen molar-refractivity contribution in [3.63, 3.8) is 0 Å². The number of halogens is 1. The Balaban J connectivity index is 1.96. The molecule has 0 N–H and O–H groups in total. The molecule has 0 radical (unpaired) electrons. The second-order valence-electron chi connectivity index (χ2n) is 5.51. The molecule has 0 unspecified atom stereocenters. The maximum Gasteiger partial charge on any atom is 0.281 e. The van der Waals surface area contributed by atoms with E-state index in [0.717, 1.165) is 13.1 Å². The molecule has 1 aromatic carbocycles. The molecule has 10 nitrogen and oxygen atoms in total. The molecule has 0 aliphatic rings. The topological polar surface area (TPSA) is 134 Å². The average Bonchev–Trinajstić information content (AvgIpc) is 3.08. The van der Waals surface area contributed by atoms with Crippen LogP contribution in [0.25, 0.3) is 5.52 Å². The van der Waals surface area contributed by atoms with E-state index >= 15 is 0 Å². The third-order valence-corrected chi connectivity index (χ3v) is 5.45. The van der Waals surface area contributed by atoms with E-state index in [-0.39, 0.29) is 0 Å². The van der Waals surface area contributed by atoms with Crippen molar-refractivity contribution >= 4 is 27.4 Å². The van der Waals surface area contributed by atoms with Crippen molar-refractivity contribution in [1.82, 2.24) is 14.0 Å². The van der Waals surface area contributed by atoms with Gasteiger partial charge in [-0.15, -0.1) is 0 Å². The minimum atomic E-state index is -4.47. The first-order valence-corrected chi connectivity index (χ1v) is 9.02. The Morgan fingerprint density at radius 3 is 2.82 bits per heavy atom. The summed E-state index contributed by atoms with van der Waals surface area (Å²) in [5, 5.41) is 27.6. The quantitative estimate of drug-likeness (QED) is 0.363. The molecule has 0 saturated heterocycles. The predicted octanol–water partition coefficient (Wildman–Crippen LogP) is 1.91. The van der Waals surface area contributed by atoms with Gasteiger partial charge in [-0.1, -0.05) is 0 Å². The van der Waals surface area contributed by atoms with Gasteiger partial charge in [0.2, 0.25) is 0 Å². The molecule has 0 amide bonds. The maximum atomic E-state index is 14.0. The van der Waals surface area contributed by atoms with Crippen LogP contribution in [0.2, 0.25) is 0 Å². The van der Waals surface area contributed by atoms with Gasteiger partial charge in [-0.3, -0.25) is 10.1 Å². The number of hydrogen-bond donors (Lipinski definition) is 0. The van der Waals surface area contributed by atoms with Gasteiger partial charge in [0.05, 0.1) is 34.5 Å². The second kappa shape index (κ2) is 7.05. The van der Waals surface area contributed by atoms with E-state index in [9.17, 15) is 22.9 Å².